The topological polar surface area (TPSA) is 108 Å². The fraction of sp³-hybridized carbons (Fsp3) is 0.579. The van der Waals surface area contributed by atoms with Gasteiger partial charge in [0.05, 0.1) is 11.6 Å². The van der Waals surface area contributed by atoms with Crippen LogP contribution >= 0.6 is 11.3 Å². The molecule has 1 heterocycles. The number of amides is 2. The van der Waals surface area contributed by atoms with Crippen LogP contribution in [0, 0.1) is 31.1 Å². The Labute approximate surface area is 162 Å². The molecule has 1 aromatic heterocycles. The lowest BCUT2D eigenvalue weighted by Gasteiger charge is -2.21. The standard InChI is InChI=1S/C19H23N3O4S/c1-11-12(2)27-17(21-16(24)13-5-6-13)15(11)18(25)26-9-14(23)22-19(10-20)7-3-4-8-19/h13H,3-9H2,1-2H3,(H,21,24)(H,22,23). The minimum absolute atomic E-state index is 0.0240. The first-order valence-electron chi connectivity index (χ1n) is 9.15. The summed E-state index contributed by atoms with van der Waals surface area (Å²) in [6.07, 6.45) is 4.76. The van der Waals surface area contributed by atoms with Crippen molar-refractivity contribution in [3.63, 3.8) is 0 Å². The van der Waals surface area contributed by atoms with Crippen molar-refractivity contribution in [1.29, 1.82) is 5.26 Å². The van der Waals surface area contributed by atoms with Crippen molar-refractivity contribution < 1.29 is 19.1 Å². The molecule has 0 bridgehead atoms. The Morgan fingerprint density at radius 1 is 1.26 bits per heavy atom. The molecule has 2 aliphatic rings. The van der Waals surface area contributed by atoms with Gasteiger partial charge in [-0.3, -0.25) is 9.59 Å². The van der Waals surface area contributed by atoms with Crippen molar-refractivity contribution in [2.24, 2.45) is 5.92 Å². The van der Waals surface area contributed by atoms with Crippen molar-refractivity contribution in [2.45, 2.75) is 57.9 Å². The highest BCUT2D eigenvalue weighted by molar-refractivity contribution is 7.16. The first-order valence-corrected chi connectivity index (χ1v) is 9.97. The maximum Gasteiger partial charge on any atom is 0.341 e. The van der Waals surface area contributed by atoms with E-state index in [1.807, 2.05) is 6.92 Å². The maximum atomic E-state index is 12.5. The molecule has 0 aliphatic heterocycles. The van der Waals surface area contributed by atoms with Gasteiger partial charge in [0, 0.05) is 10.8 Å². The van der Waals surface area contributed by atoms with E-state index in [9.17, 15) is 19.6 Å². The Morgan fingerprint density at radius 2 is 1.93 bits per heavy atom. The number of carbonyl (C=O) groups is 3. The van der Waals surface area contributed by atoms with E-state index in [0.717, 1.165) is 36.1 Å². The van der Waals surface area contributed by atoms with Gasteiger partial charge in [-0.25, -0.2) is 4.79 Å². The molecular weight excluding hydrogens is 366 g/mol. The number of ether oxygens (including phenoxy) is 1. The zero-order valence-corrected chi connectivity index (χ0v) is 16.3. The first-order chi connectivity index (χ1) is 12.8. The Kier molecular flexibility index (Phi) is 5.51. The molecule has 0 aromatic carbocycles. The number of nitriles is 1. The lowest BCUT2D eigenvalue weighted by Crippen LogP contribution is -2.46. The normalized spacial score (nSPS) is 17.8. The van der Waals surface area contributed by atoms with Crippen LogP contribution in [0.1, 0.15) is 59.3 Å². The lowest BCUT2D eigenvalue weighted by atomic mass is 10.00. The number of carbonyl (C=O) groups excluding carboxylic acids is 3. The second kappa shape index (κ2) is 7.69. The van der Waals surface area contributed by atoms with E-state index in [2.05, 4.69) is 16.7 Å². The molecule has 0 spiro atoms. The molecule has 2 aliphatic carbocycles. The van der Waals surface area contributed by atoms with Gasteiger partial charge in [0.15, 0.2) is 6.61 Å². The van der Waals surface area contributed by atoms with Crippen LogP contribution < -0.4 is 10.6 Å². The summed E-state index contributed by atoms with van der Waals surface area (Å²) in [6, 6.07) is 2.17. The molecule has 3 rings (SSSR count). The summed E-state index contributed by atoms with van der Waals surface area (Å²) in [5.74, 6) is -1.19. The second-order valence-corrected chi connectivity index (χ2v) is 8.50. The number of rotatable bonds is 6. The molecule has 2 fully saturated rings. The fourth-order valence-corrected chi connectivity index (χ4v) is 4.32. The molecule has 0 saturated heterocycles. The van der Waals surface area contributed by atoms with Crippen LogP contribution in [0.3, 0.4) is 0 Å². The van der Waals surface area contributed by atoms with E-state index >= 15 is 0 Å². The fourth-order valence-electron chi connectivity index (χ4n) is 3.27. The molecule has 2 N–H and O–H groups in total. The molecule has 8 heteroatoms. The lowest BCUT2D eigenvalue weighted by molar-refractivity contribution is -0.125. The Bertz CT molecular complexity index is 814. The molecule has 1 aromatic rings. The summed E-state index contributed by atoms with van der Waals surface area (Å²) in [5, 5.41) is 15.3. The summed E-state index contributed by atoms with van der Waals surface area (Å²) < 4.78 is 5.18. The van der Waals surface area contributed by atoms with Gasteiger partial charge in [0.2, 0.25) is 5.91 Å². The zero-order chi connectivity index (χ0) is 19.6. The average Bonchev–Trinajstić information content (AvgIpc) is 3.33. The number of hydrogen-bond donors (Lipinski definition) is 2. The monoisotopic (exact) mass is 389 g/mol. The highest BCUT2D eigenvalue weighted by Gasteiger charge is 2.36. The average molecular weight is 389 g/mol. The molecule has 7 nitrogen and oxygen atoms in total. The summed E-state index contributed by atoms with van der Waals surface area (Å²) in [4.78, 5) is 37.6. The van der Waals surface area contributed by atoms with E-state index in [1.165, 1.54) is 11.3 Å². The van der Waals surface area contributed by atoms with Crippen molar-refractivity contribution in [3.05, 3.63) is 16.0 Å². The zero-order valence-electron chi connectivity index (χ0n) is 15.5. The van der Waals surface area contributed by atoms with Crippen LogP contribution in [0.5, 0.6) is 0 Å². The maximum absolute atomic E-state index is 12.5. The number of esters is 1. The molecule has 2 amide bonds. The van der Waals surface area contributed by atoms with E-state index < -0.39 is 24.0 Å². The van der Waals surface area contributed by atoms with E-state index in [1.54, 1.807) is 6.92 Å². The molecule has 0 radical (unpaired) electrons. The predicted molar refractivity (Wildman–Crippen MR) is 100 cm³/mol. The predicted octanol–water partition coefficient (Wildman–Crippen LogP) is 2.82. The second-order valence-electron chi connectivity index (χ2n) is 7.28. The summed E-state index contributed by atoms with van der Waals surface area (Å²) in [5.41, 5.74) is 0.192. The van der Waals surface area contributed by atoms with Gasteiger partial charge in [-0.2, -0.15) is 5.26 Å². The molecular formula is C19H23N3O4S. The van der Waals surface area contributed by atoms with Gasteiger partial charge in [-0.1, -0.05) is 0 Å². The van der Waals surface area contributed by atoms with Gasteiger partial charge in [0.25, 0.3) is 5.91 Å². The largest absolute Gasteiger partial charge is 0.452 e. The minimum atomic E-state index is -0.845. The van der Waals surface area contributed by atoms with E-state index in [4.69, 9.17) is 4.74 Å². The number of nitrogens with zero attached hydrogens (tertiary/aromatic N) is 1. The Balaban J connectivity index is 1.63. The van der Waals surface area contributed by atoms with Crippen molar-refractivity contribution in [1.82, 2.24) is 5.32 Å². The molecule has 144 valence electrons. The van der Waals surface area contributed by atoms with Crippen molar-refractivity contribution in [2.75, 3.05) is 11.9 Å². The van der Waals surface area contributed by atoms with Crippen molar-refractivity contribution >= 4 is 34.1 Å². The highest BCUT2D eigenvalue weighted by Crippen LogP contribution is 2.36. The van der Waals surface area contributed by atoms with Gasteiger partial charge in [0.1, 0.15) is 10.5 Å². The third-order valence-corrected chi connectivity index (χ3v) is 6.28. The summed E-state index contributed by atoms with van der Waals surface area (Å²) in [7, 11) is 0. The van der Waals surface area contributed by atoms with Crippen molar-refractivity contribution in [3.8, 4) is 6.07 Å². The number of aryl methyl sites for hydroxylation is 1. The molecule has 27 heavy (non-hydrogen) atoms. The van der Waals surface area contributed by atoms with Crippen LogP contribution in [0.25, 0.3) is 0 Å². The summed E-state index contributed by atoms with van der Waals surface area (Å²) >= 11 is 1.33. The van der Waals surface area contributed by atoms with Gasteiger partial charge in [-0.15, -0.1) is 11.3 Å². The molecule has 0 unspecified atom stereocenters. The van der Waals surface area contributed by atoms with Gasteiger partial charge >= 0.3 is 5.97 Å². The van der Waals surface area contributed by atoms with Crippen LogP contribution in [-0.4, -0.2) is 29.9 Å². The third-order valence-electron chi connectivity index (χ3n) is 5.16. The summed E-state index contributed by atoms with van der Waals surface area (Å²) in [6.45, 7) is 3.21. The number of hydrogen-bond acceptors (Lipinski definition) is 6. The molecule has 2 saturated carbocycles. The first kappa shape index (κ1) is 19.4. The minimum Gasteiger partial charge on any atom is -0.452 e. The number of nitrogens with one attached hydrogen (secondary N) is 2. The van der Waals surface area contributed by atoms with Crippen LogP contribution in [0.2, 0.25) is 0 Å². The van der Waals surface area contributed by atoms with Crippen LogP contribution in [0.4, 0.5) is 5.00 Å². The number of thiophene rings is 1. The van der Waals surface area contributed by atoms with Gasteiger partial charge in [-0.05, 0) is 57.9 Å². The SMILES string of the molecule is Cc1sc(NC(=O)C2CC2)c(C(=O)OCC(=O)NC2(C#N)CCCC2)c1C. The van der Waals surface area contributed by atoms with E-state index in [0.29, 0.717) is 23.4 Å². The highest BCUT2D eigenvalue weighted by atomic mass is 32.1. The smallest absolute Gasteiger partial charge is 0.341 e. The number of anilines is 1. The van der Waals surface area contributed by atoms with Crippen LogP contribution in [0.15, 0.2) is 0 Å². The van der Waals surface area contributed by atoms with E-state index in [-0.39, 0.29) is 11.8 Å². The van der Waals surface area contributed by atoms with Gasteiger partial charge < -0.3 is 15.4 Å². The quantitative estimate of drug-likeness (QED) is 0.727. The molecule has 0 atom stereocenters. The Hall–Kier alpha value is -2.40. The third kappa shape index (κ3) is 4.30. The Morgan fingerprint density at radius 3 is 2.52 bits per heavy atom. The van der Waals surface area contributed by atoms with Crippen LogP contribution in [-0.2, 0) is 14.3 Å².